The average Bonchev–Trinajstić information content (AvgIpc) is 3.37. The molecule has 1 aliphatic heterocycles. The van der Waals surface area contributed by atoms with Gasteiger partial charge in [0.1, 0.15) is 5.82 Å². The molecule has 2 fully saturated rings. The van der Waals surface area contributed by atoms with E-state index in [9.17, 15) is 34.2 Å². The van der Waals surface area contributed by atoms with Gasteiger partial charge in [0.25, 0.3) is 11.8 Å². The Morgan fingerprint density at radius 3 is 2.53 bits per heavy atom. The van der Waals surface area contributed by atoms with Gasteiger partial charge in [0.15, 0.2) is 0 Å². The summed E-state index contributed by atoms with van der Waals surface area (Å²) in [4.78, 5) is 71.0. The van der Waals surface area contributed by atoms with Gasteiger partial charge in [-0.1, -0.05) is 5.11 Å². The van der Waals surface area contributed by atoms with Crippen molar-refractivity contribution in [1.29, 1.82) is 0 Å². The second-order valence-electron chi connectivity index (χ2n) is 8.67. The molecule has 0 spiro atoms. The number of anilines is 1. The summed E-state index contributed by atoms with van der Waals surface area (Å²) in [6.07, 6.45) is 1.24. The van der Waals surface area contributed by atoms with Gasteiger partial charge in [-0.15, -0.1) is 5.06 Å². The monoisotopic (exact) mass is 505 g/mol. The Balaban J connectivity index is 1.47. The maximum atomic E-state index is 12.4. The van der Waals surface area contributed by atoms with E-state index in [0.29, 0.717) is 17.9 Å². The normalized spacial score (nSPS) is 22.3. The minimum absolute atomic E-state index is 0.0272. The molecule has 3 amide bonds. The molecule has 4 atom stereocenters. The van der Waals surface area contributed by atoms with E-state index in [1.54, 1.807) is 0 Å². The molecule has 194 valence electrons. The molecule has 2 aliphatic rings. The molecule has 1 saturated carbocycles. The highest BCUT2D eigenvalue weighted by molar-refractivity contribution is 6.01. The lowest BCUT2D eigenvalue weighted by molar-refractivity contribution is -0.197. The van der Waals surface area contributed by atoms with Gasteiger partial charge in [0.2, 0.25) is 5.91 Å². The number of azide groups is 1. The highest BCUT2D eigenvalue weighted by Crippen LogP contribution is 2.33. The SMILES string of the molecule is [N-]=[N+]=NC(CCC(=O)Nc1ccn(C2CC(O)C(CO)C2)c(=O)n1)CCC(=O)ON1C(=O)CCC1=O. The Labute approximate surface area is 204 Å². The first kappa shape index (κ1) is 26.8. The third-order valence-electron chi connectivity index (χ3n) is 6.16. The summed E-state index contributed by atoms with van der Waals surface area (Å²) in [7, 11) is 0. The van der Waals surface area contributed by atoms with Gasteiger partial charge in [-0.25, -0.2) is 9.59 Å². The second kappa shape index (κ2) is 12.2. The molecule has 15 nitrogen and oxygen atoms in total. The quantitative estimate of drug-likeness (QED) is 0.163. The molecule has 1 aromatic rings. The second-order valence-corrected chi connectivity index (χ2v) is 8.67. The Kier molecular flexibility index (Phi) is 9.11. The van der Waals surface area contributed by atoms with Gasteiger partial charge >= 0.3 is 11.7 Å². The Hall–Kier alpha value is -3.81. The van der Waals surface area contributed by atoms with Crippen molar-refractivity contribution in [2.75, 3.05) is 11.9 Å². The summed E-state index contributed by atoms with van der Waals surface area (Å²) in [5.41, 5.74) is 8.16. The number of aliphatic hydroxyl groups is 2. The van der Waals surface area contributed by atoms with E-state index >= 15 is 0 Å². The third kappa shape index (κ3) is 6.87. The zero-order valence-corrected chi connectivity index (χ0v) is 19.4. The molecular weight excluding hydrogens is 478 g/mol. The standard InChI is InChI=1S/C21H27N7O8/c22-26-25-13(2-6-20(34)36-28-18(32)4-5-19(28)33)1-3-17(31)23-16-7-8-27(21(35)24-16)14-9-12(11-29)15(30)10-14/h7-8,12-15,29-30H,1-6,9-11H2,(H,23,24,31,35). The maximum Gasteiger partial charge on any atom is 0.349 e. The van der Waals surface area contributed by atoms with Crippen molar-refractivity contribution >= 4 is 29.5 Å². The van der Waals surface area contributed by atoms with Crippen molar-refractivity contribution < 1.29 is 34.2 Å². The van der Waals surface area contributed by atoms with Gasteiger partial charge in [0.05, 0.1) is 6.10 Å². The van der Waals surface area contributed by atoms with Crippen molar-refractivity contribution in [3.63, 3.8) is 0 Å². The largest absolute Gasteiger partial charge is 0.396 e. The average molecular weight is 505 g/mol. The molecule has 2 heterocycles. The molecule has 1 saturated heterocycles. The number of carbonyl (C=O) groups is 4. The summed E-state index contributed by atoms with van der Waals surface area (Å²) in [5.74, 6) is -2.82. The van der Waals surface area contributed by atoms with Crippen LogP contribution >= 0.6 is 0 Å². The number of hydrogen-bond donors (Lipinski definition) is 3. The summed E-state index contributed by atoms with van der Waals surface area (Å²) in [6.45, 7) is -0.177. The predicted octanol–water partition coefficient (Wildman–Crippen LogP) is 0.333. The first-order chi connectivity index (χ1) is 17.2. The van der Waals surface area contributed by atoms with Crippen LogP contribution in [0.25, 0.3) is 10.4 Å². The minimum atomic E-state index is -0.842. The van der Waals surface area contributed by atoms with E-state index in [1.807, 2.05) is 0 Å². The summed E-state index contributed by atoms with van der Waals surface area (Å²) < 4.78 is 1.36. The van der Waals surface area contributed by atoms with Crippen molar-refractivity contribution in [2.45, 2.75) is 69.6 Å². The van der Waals surface area contributed by atoms with E-state index in [-0.39, 0.29) is 62.9 Å². The Morgan fingerprint density at radius 1 is 1.22 bits per heavy atom. The first-order valence-electron chi connectivity index (χ1n) is 11.5. The summed E-state index contributed by atoms with van der Waals surface area (Å²) in [6, 6.07) is 0.409. The van der Waals surface area contributed by atoms with E-state index in [2.05, 4.69) is 20.3 Å². The Morgan fingerprint density at radius 2 is 1.92 bits per heavy atom. The molecule has 36 heavy (non-hydrogen) atoms. The highest BCUT2D eigenvalue weighted by atomic mass is 16.7. The van der Waals surface area contributed by atoms with Crippen LogP contribution in [-0.2, 0) is 24.0 Å². The number of rotatable bonds is 11. The number of aromatic nitrogens is 2. The van der Waals surface area contributed by atoms with Crippen LogP contribution in [0, 0.1) is 5.92 Å². The van der Waals surface area contributed by atoms with Crippen LogP contribution in [0.3, 0.4) is 0 Å². The summed E-state index contributed by atoms with van der Waals surface area (Å²) >= 11 is 0. The van der Waals surface area contributed by atoms with Crippen LogP contribution < -0.4 is 11.0 Å². The molecule has 15 heteroatoms. The molecular formula is C21H27N7O8. The number of amides is 3. The molecule has 1 aromatic heterocycles. The minimum Gasteiger partial charge on any atom is -0.396 e. The smallest absolute Gasteiger partial charge is 0.349 e. The number of carbonyl (C=O) groups excluding carboxylic acids is 4. The van der Waals surface area contributed by atoms with Gasteiger partial charge in [-0.2, -0.15) is 4.98 Å². The van der Waals surface area contributed by atoms with Crippen LogP contribution in [0.5, 0.6) is 0 Å². The first-order valence-corrected chi connectivity index (χ1v) is 11.5. The predicted molar refractivity (Wildman–Crippen MR) is 121 cm³/mol. The van der Waals surface area contributed by atoms with Gasteiger partial charge < -0.3 is 20.4 Å². The molecule has 3 N–H and O–H groups in total. The van der Waals surface area contributed by atoms with Crippen LogP contribution in [0.1, 0.15) is 57.4 Å². The lowest BCUT2D eigenvalue weighted by atomic mass is 10.1. The molecule has 0 radical (unpaired) electrons. The van der Waals surface area contributed by atoms with E-state index in [1.165, 1.54) is 16.8 Å². The third-order valence-corrected chi connectivity index (χ3v) is 6.16. The van der Waals surface area contributed by atoms with Crippen molar-refractivity contribution in [2.24, 2.45) is 11.0 Å². The van der Waals surface area contributed by atoms with E-state index in [0.717, 1.165) is 0 Å². The van der Waals surface area contributed by atoms with Crippen LogP contribution in [0.4, 0.5) is 5.82 Å². The molecule has 1 aliphatic carbocycles. The van der Waals surface area contributed by atoms with Crippen molar-refractivity contribution in [1.82, 2.24) is 14.6 Å². The number of imide groups is 1. The van der Waals surface area contributed by atoms with E-state index in [4.69, 9.17) is 10.4 Å². The van der Waals surface area contributed by atoms with Crippen LogP contribution in [0.2, 0.25) is 0 Å². The maximum absolute atomic E-state index is 12.4. The topological polar surface area (TPSA) is 217 Å². The number of nitrogens with zero attached hydrogens (tertiary/aromatic N) is 6. The lowest BCUT2D eigenvalue weighted by Crippen LogP contribution is -2.32. The number of nitrogens with one attached hydrogen (secondary N) is 1. The Bertz CT molecular complexity index is 1100. The van der Waals surface area contributed by atoms with Gasteiger partial charge in [-0.05, 0) is 37.3 Å². The van der Waals surface area contributed by atoms with Crippen molar-refractivity contribution in [3.05, 3.63) is 33.2 Å². The fourth-order valence-electron chi connectivity index (χ4n) is 4.18. The zero-order valence-electron chi connectivity index (χ0n) is 19.4. The van der Waals surface area contributed by atoms with Crippen molar-refractivity contribution in [3.8, 4) is 0 Å². The summed E-state index contributed by atoms with van der Waals surface area (Å²) in [5, 5.41) is 25.7. The highest BCUT2D eigenvalue weighted by Gasteiger charge is 2.34. The van der Waals surface area contributed by atoms with Gasteiger partial charge in [0, 0.05) is 61.4 Å². The lowest BCUT2D eigenvalue weighted by Gasteiger charge is -2.15. The fraction of sp³-hybridized carbons (Fsp3) is 0.619. The van der Waals surface area contributed by atoms with Gasteiger partial charge in [-0.3, -0.25) is 19.0 Å². The molecule has 0 aromatic carbocycles. The van der Waals surface area contributed by atoms with Crippen LogP contribution in [-0.4, -0.2) is 67.3 Å². The fourth-order valence-corrected chi connectivity index (χ4v) is 4.18. The van der Waals surface area contributed by atoms with Crippen LogP contribution in [0.15, 0.2) is 22.2 Å². The molecule has 4 unspecified atom stereocenters. The zero-order chi connectivity index (χ0) is 26.2. The number of aliphatic hydroxyl groups excluding tert-OH is 2. The molecule has 3 rings (SSSR count). The number of hydrogen-bond acceptors (Lipinski definition) is 10. The molecule has 0 bridgehead atoms. The van der Waals surface area contributed by atoms with E-state index < -0.39 is 41.5 Å². The number of hydroxylamine groups is 2.